The fraction of sp³-hybridized carbons (Fsp3) is 0.500. The number of nitrogens with zero attached hydrogens (tertiary/aromatic N) is 6. The molecule has 4 heterocycles. The maximum atomic E-state index is 12.0. The van der Waals surface area contributed by atoms with E-state index in [1.54, 1.807) is 29.2 Å². The van der Waals surface area contributed by atoms with Gasteiger partial charge in [0.1, 0.15) is 34.7 Å². The summed E-state index contributed by atoms with van der Waals surface area (Å²) in [5.41, 5.74) is 2.33. The average Bonchev–Trinajstić information content (AvgIpc) is 3.48. The lowest BCUT2D eigenvalue weighted by atomic mass is 10.1. The van der Waals surface area contributed by atoms with Gasteiger partial charge in [0, 0.05) is 43.0 Å². The van der Waals surface area contributed by atoms with Crippen LogP contribution >= 0.6 is 0 Å². The van der Waals surface area contributed by atoms with Gasteiger partial charge in [0.25, 0.3) is 0 Å². The highest BCUT2D eigenvalue weighted by molar-refractivity contribution is 7.72. The van der Waals surface area contributed by atoms with Crippen LogP contribution in [0.1, 0.15) is 43.4 Å². The number of aromatic nitrogens is 5. The molecule has 0 saturated carbocycles. The van der Waals surface area contributed by atoms with Crippen LogP contribution in [0.2, 0.25) is 0 Å². The molecule has 39 heavy (non-hydrogen) atoms. The van der Waals surface area contributed by atoms with Crippen LogP contribution in [0.4, 0.5) is 11.6 Å². The van der Waals surface area contributed by atoms with Gasteiger partial charge >= 0.3 is 5.97 Å². The SMILES string of the molecule is O=C(O)C(CCN(CCCCc1ccc2c(n1)NCCC2)CCC[SH](=O)=O)Nc1cc(-n2cccn2)ncn1. The molecule has 0 fully saturated rings. The van der Waals surface area contributed by atoms with Crippen molar-refractivity contribution in [2.45, 2.75) is 51.0 Å². The summed E-state index contributed by atoms with van der Waals surface area (Å²) in [5, 5.41) is 20.3. The van der Waals surface area contributed by atoms with Crippen LogP contribution in [-0.4, -0.2) is 87.1 Å². The molecule has 3 aromatic rings. The van der Waals surface area contributed by atoms with E-state index < -0.39 is 22.7 Å². The van der Waals surface area contributed by atoms with E-state index >= 15 is 0 Å². The lowest BCUT2D eigenvalue weighted by Crippen LogP contribution is -2.36. The minimum Gasteiger partial charge on any atom is -0.480 e. The molecule has 0 radical (unpaired) electrons. The molecule has 0 aromatic carbocycles. The third-order valence-electron chi connectivity index (χ3n) is 6.67. The van der Waals surface area contributed by atoms with Crippen LogP contribution in [0.5, 0.6) is 0 Å². The Morgan fingerprint density at radius 1 is 1.18 bits per heavy atom. The average molecular weight is 557 g/mol. The molecule has 3 aromatic heterocycles. The molecular formula is C26H36N8O4S. The Kier molecular flexibility index (Phi) is 10.6. The second kappa shape index (κ2) is 14.5. The first-order chi connectivity index (χ1) is 19.0. The molecule has 4 rings (SSSR count). The van der Waals surface area contributed by atoms with Gasteiger partial charge < -0.3 is 20.6 Å². The zero-order valence-electron chi connectivity index (χ0n) is 21.9. The number of thiol groups is 1. The summed E-state index contributed by atoms with van der Waals surface area (Å²) in [4.78, 5) is 27.3. The number of hydrogen-bond acceptors (Lipinski definition) is 10. The quantitative estimate of drug-likeness (QED) is 0.151. The second-order valence-corrected chi connectivity index (χ2v) is 10.7. The predicted molar refractivity (Wildman–Crippen MR) is 149 cm³/mol. The van der Waals surface area contributed by atoms with Gasteiger partial charge in [-0.15, -0.1) is 0 Å². The van der Waals surface area contributed by atoms with E-state index in [9.17, 15) is 18.3 Å². The van der Waals surface area contributed by atoms with Gasteiger partial charge in [-0.1, -0.05) is 6.07 Å². The number of fused-ring (bicyclic) bond motifs is 1. The number of carboxylic acid groups (broad SMARTS) is 1. The van der Waals surface area contributed by atoms with Crippen molar-refractivity contribution >= 4 is 28.3 Å². The summed E-state index contributed by atoms with van der Waals surface area (Å²) >= 11 is 0. The fourth-order valence-corrected chi connectivity index (χ4v) is 5.01. The van der Waals surface area contributed by atoms with Gasteiger partial charge in [0.05, 0.1) is 0 Å². The molecule has 12 nitrogen and oxygen atoms in total. The Morgan fingerprint density at radius 2 is 2.05 bits per heavy atom. The van der Waals surface area contributed by atoms with Crippen molar-refractivity contribution < 1.29 is 18.3 Å². The Labute approximate surface area is 229 Å². The maximum absolute atomic E-state index is 12.0. The lowest BCUT2D eigenvalue weighted by Gasteiger charge is -2.24. The molecule has 13 heteroatoms. The van der Waals surface area contributed by atoms with Crippen LogP contribution in [0.15, 0.2) is 43.0 Å². The van der Waals surface area contributed by atoms with Crippen LogP contribution < -0.4 is 10.6 Å². The summed E-state index contributed by atoms with van der Waals surface area (Å²) in [6, 6.07) is 6.82. The molecular weight excluding hydrogens is 520 g/mol. The molecule has 0 amide bonds. The van der Waals surface area contributed by atoms with E-state index in [0.717, 1.165) is 56.7 Å². The van der Waals surface area contributed by atoms with E-state index in [0.29, 0.717) is 37.6 Å². The summed E-state index contributed by atoms with van der Waals surface area (Å²) in [5.74, 6) is 1.06. The lowest BCUT2D eigenvalue weighted by molar-refractivity contribution is -0.138. The predicted octanol–water partition coefficient (Wildman–Crippen LogP) is 2.00. The summed E-state index contributed by atoms with van der Waals surface area (Å²) in [6.45, 7) is 2.82. The van der Waals surface area contributed by atoms with Crippen LogP contribution in [0, 0.1) is 0 Å². The van der Waals surface area contributed by atoms with Gasteiger partial charge in [-0.05, 0) is 75.7 Å². The van der Waals surface area contributed by atoms with Crippen molar-refractivity contribution in [3.05, 3.63) is 54.2 Å². The smallest absolute Gasteiger partial charge is 0.326 e. The van der Waals surface area contributed by atoms with Crippen molar-refractivity contribution in [1.82, 2.24) is 29.6 Å². The molecule has 0 bridgehead atoms. The van der Waals surface area contributed by atoms with E-state index in [1.165, 1.54) is 11.9 Å². The fourth-order valence-electron chi connectivity index (χ4n) is 4.61. The number of hydrogen-bond donors (Lipinski definition) is 4. The third-order valence-corrected chi connectivity index (χ3v) is 7.35. The maximum Gasteiger partial charge on any atom is 0.326 e. The molecule has 0 saturated heterocycles. The largest absolute Gasteiger partial charge is 0.480 e. The number of aliphatic carboxylic acids is 1. The minimum atomic E-state index is -2.43. The normalized spacial score (nSPS) is 13.7. The molecule has 3 N–H and O–H groups in total. The van der Waals surface area contributed by atoms with E-state index in [-0.39, 0.29) is 5.75 Å². The van der Waals surface area contributed by atoms with Crippen molar-refractivity contribution in [2.24, 2.45) is 0 Å². The number of carbonyl (C=O) groups is 1. The van der Waals surface area contributed by atoms with Crippen molar-refractivity contribution in [1.29, 1.82) is 0 Å². The van der Waals surface area contributed by atoms with E-state index in [1.807, 2.05) is 0 Å². The first kappa shape index (κ1) is 28.4. The van der Waals surface area contributed by atoms with Crippen LogP contribution in [0.3, 0.4) is 0 Å². The zero-order valence-corrected chi connectivity index (χ0v) is 22.8. The molecule has 1 aliphatic heterocycles. The highest BCUT2D eigenvalue weighted by atomic mass is 32.2. The van der Waals surface area contributed by atoms with E-state index in [2.05, 4.69) is 42.7 Å². The Bertz CT molecular complexity index is 1280. The molecule has 0 spiro atoms. The van der Waals surface area contributed by atoms with Crippen LogP contribution in [0.25, 0.3) is 5.82 Å². The Hall–Kier alpha value is -3.58. The number of anilines is 2. The summed E-state index contributed by atoms with van der Waals surface area (Å²) < 4.78 is 23.7. The molecule has 0 aliphatic carbocycles. The van der Waals surface area contributed by atoms with Gasteiger partial charge in [0.2, 0.25) is 0 Å². The topological polar surface area (TPSA) is 155 Å². The standard InChI is InChI=1S/C26H36N8O4S/c35-26(36)22(32-23-18-24(29-19-28-23)34-15-4-12-30-34)10-16-33(14-5-17-39(37)38)13-2-1-7-21-9-8-20-6-3-11-27-25(20)31-21/h4,8-9,12,15,18-19,22,39H,1-3,5-7,10-11,13-14,16-17H2,(H,27,31)(H,35,36)(H,28,29,32). The minimum absolute atomic E-state index is 0.121. The van der Waals surface area contributed by atoms with Crippen molar-refractivity contribution in [3.63, 3.8) is 0 Å². The molecule has 210 valence electrons. The Balaban J connectivity index is 1.30. The zero-order chi connectivity index (χ0) is 27.5. The highest BCUT2D eigenvalue weighted by Gasteiger charge is 2.20. The van der Waals surface area contributed by atoms with Gasteiger partial charge in [-0.3, -0.25) is 0 Å². The molecule has 1 aliphatic rings. The molecule has 1 unspecified atom stereocenters. The van der Waals surface area contributed by atoms with Crippen molar-refractivity contribution in [2.75, 3.05) is 42.6 Å². The number of unbranched alkanes of at least 4 members (excludes halogenated alkanes) is 1. The van der Waals surface area contributed by atoms with Gasteiger partial charge in [-0.25, -0.2) is 32.8 Å². The number of nitrogens with one attached hydrogen (secondary N) is 2. The monoisotopic (exact) mass is 556 g/mol. The van der Waals surface area contributed by atoms with Gasteiger partial charge in [-0.2, -0.15) is 5.10 Å². The Morgan fingerprint density at radius 3 is 2.85 bits per heavy atom. The van der Waals surface area contributed by atoms with Gasteiger partial charge in [0.15, 0.2) is 5.82 Å². The van der Waals surface area contributed by atoms with Crippen LogP contribution in [-0.2, 0) is 28.3 Å². The second-order valence-electron chi connectivity index (χ2n) is 9.59. The first-order valence-electron chi connectivity index (χ1n) is 13.4. The highest BCUT2D eigenvalue weighted by Crippen LogP contribution is 2.20. The van der Waals surface area contributed by atoms with Crippen molar-refractivity contribution in [3.8, 4) is 5.82 Å². The third kappa shape index (κ3) is 8.99. The number of aryl methyl sites for hydroxylation is 2. The number of pyridine rings is 1. The first-order valence-corrected chi connectivity index (χ1v) is 14.7. The number of rotatable bonds is 16. The summed E-state index contributed by atoms with van der Waals surface area (Å²) in [6.07, 6.45) is 10.5. The van der Waals surface area contributed by atoms with E-state index in [4.69, 9.17) is 4.98 Å². The number of carboxylic acids is 1. The summed E-state index contributed by atoms with van der Waals surface area (Å²) in [7, 11) is -2.43. The molecule has 1 atom stereocenters.